The number of rotatable bonds is 4. The van der Waals surface area contributed by atoms with E-state index in [2.05, 4.69) is 5.32 Å². The van der Waals surface area contributed by atoms with Crippen LogP contribution >= 0.6 is 11.6 Å². The van der Waals surface area contributed by atoms with Crippen LogP contribution in [0.2, 0.25) is 5.02 Å². The lowest BCUT2D eigenvalue weighted by molar-refractivity contribution is -0.167. The van der Waals surface area contributed by atoms with Crippen molar-refractivity contribution < 1.29 is 28.4 Å². The van der Waals surface area contributed by atoms with Gasteiger partial charge in [-0.15, -0.1) is 0 Å². The molecule has 0 fully saturated rings. The lowest BCUT2D eigenvalue weighted by Crippen LogP contribution is -2.38. The van der Waals surface area contributed by atoms with Gasteiger partial charge < -0.3 is 10.2 Å². The van der Waals surface area contributed by atoms with Gasteiger partial charge in [-0.2, -0.15) is 0 Å². The van der Waals surface area contributed by atoms with E-state index in [1.165, 1.54) is 24.3 Å². The number of imide groups is 1. The Kier molecular flexibility index (Phi) is 4.68. The number of fused-ring (bicyclic) bond motifs is 1. The molecule has 0 aliphatic carbocycles. The second-order valence-electron chi connectivity index (χ2n) is 5.19. The molecule has 2 aromatic rings. The molecule has 0 saturated heterocycles. The molecule has 0 atom stereocenters. The molecule has 1 aliphatic rings. The Morgan fingerprint density at radius 1 is 1.04 bits per heavy atom. The molecule has 9 heteroatoms. The van der Waals surface area contributed by atoms with Crippen molar-refractivity contribution in [2.45, 2.75) is 0 Å². The first-order valence-electron chi connectivity index (χ1n) is 7.31. The van der Waals surface area contributed by atoms with Crippen LogP contribution in [-0.2, 0) is 9.63 Å². The summed E-state index contributed by atoms with van der Waals surface area (Å²) in [5, 5.41) is 2.30. The minimum Gasteiger partial charge on any atom is -0.341 e. The van der Waals surface area contributed by atoms with Crippen LogP contribution in [0.15, 0.2) is 42.5 Å². The monoisotopic (exact) mass is 376 g/mol. The molecule has 0 unspecified atom stereocenters. The third-order valence-corrected chi connectivity index (χ3v) is 3.85. The number of hydrogen-bond donors (Lipinski definition) is 1. The molecule has 0 aromatic heterocycles. The SMILES string of the molecule is O=C(CNC(=O)c1c(F)cccc1Cl)ON1C(=O)c2ccccc2C1=O. The van der Waals surface area contributed by atoms with Crippen LogP contribution in [0.5, 0.6) is 0 Å². The van der Waals surface area contributed by atoms with Crippen molar-refractivity contribution in [3.05, 3.63) is 70.0 Å². The number of hydroxylamine groups is 2. The third kappa shape index (κ3) is 3.14. The predicted molar refractivity (Wildman–Crippen MR) is 86.8 cm³/mol. The van der Waals surface area contributed by atoms with E-state index < -0.39 is 41.6 Å². The molecule has 1 heterocycles. The molecule has 3 rings (SSSR count). The molecular weight excluding hydrogens is 367 g/mol. The summed E-state index contributed by atoms with van der Waals surface area (Å²) in [6.07, 6.45) is 0. The number of amides is 3. The maximum Gasteiger partial charge on any atom is 0.352 e. The van der Waals surface area contributed by atoms with Crippen molar-refractivity contribution in [1.82, 2.24) is 10.4 Å². The number of hydrogen-bond acceptors (Lipinski definition) is 5. The number of carbonyl (C=O) groups is 4. The molecule has 3 amide bonds. The van der Waals surface area contributed by atoms with Gasteiger partial charge in [0, 0.05) is 0 Å². The summed E-state index contributed by atoms with van der Waals surface area (Å²) in [6, 6.07) is 9.65. The zero-order chi connectivity index (χ0) is 18.8. The minimum absolute atomic E-state index is 0.104. The Labute approximate surface area is 151 Å². The van der Waals surface area contributed by atoms with E-state index >= 15 is 0 Å². The van der Waals surface area contributed by atoms with Gasteiger partial charge in [0.25, 0.3) is 17.7 Å². The van der Waals surface area contributed by atoms with Crippen molar-refractivity contribution in [1.29, 1.82) is 0 Å². The maximum absolute atomic E-state index is 13.6. The van der Waals surface area contributed by atoms with Gasteiger partial charge in [-0.05, 0) is 24.3 Å². The normalized spacial score (nSPS) is 12.8. The van der Waals surface area contributed by atoms with E-state index in [9.17, 15) is 23.6 Å². The lowest BCUT2D eigenvalue weighted by atomic mass is 10.1. The van der Waals surface area contributed by atoms with Gasteiger partial charge in [-0.3, -0.25) is 14.4 Å². The van der Waals surface area contributed by atoms with Crippen molar-refractivity contribution >= 4 is 35.3 Å². The van der Waals surface area contributed by atoms with Crippen molar-refractivity contribution in [3.8, 4) is 0 Å². The van der Waals surface area contributed by atoms with Crippen LogP contribution in [0, 0.1) is 5.82 Å². The number of nitrogens with zero attached hydrogens (tertiary/aromatic N) is 1. The van der Waals surface area contributed by atoms with Crippen LogP contribution in [0.1, 0.15) is 31.1 Å². The zero-order valence-corrected chi connectivity index (χ0v) is 13.7. The number of halogens is 2. The summed E-state index contributed by atoms with van der Waals surface area (Å²) in [7, 11) is 0. The molecule has 0 radical (unpaired) electrons. The molecule has 1 aliphatic heterocycles. The Bertz CT molecular complexity index is 891. The summed E-state index contributed by atoms with van der Waals surface area (Å²) >= 11 is 5.75. The molecular formula is C17H10ClFN2O5. The molecule has 1 N–H and O–H groups in total. The Morgan fingerprint density at radius 2 is 1.65 bits per heavy atom. The summed E-state index contributed by atoms with van der Waals surface area (Å²) in [5.41, 5.74) is -0.220. The Morgan fingerprint density at radius 3 is 2.23 bits per heavy atom. The fraction of sp³-hybridized carbons (Fsp3) is 0.0588. The molecule has 132 valence electrons. The summed E-state index contributed by atoms with van der Waals surface area (Å²) in [6.45, 7) is -0.698. The van der Waals surface area contributed by atoms with E-state index in [4.69, 9.17) is 16.4 Å². The minimum atomic E-state index is -1.08. The standard InChI is InChI=1S/C17H10ClFN2O5/c18-11-6-3-7-12(19)14(11)15(23)20-8-13(22)26-21-16(24)9-4-1-2-5-10(9)17(21)25/h1-7H,8H2,(H,20,23). The smallest absolute Gasteiger partial charge is 0.341 e. The van der Waals surface area contributed by atoms with Gasteiger partial charge >= 0.3 is 5.97 Å². The van der Waals surface area contributed by atoms with Crippen molar-refractivity contribution in [3.63, 3.8) is 0 Å². The first-order chi connectivity index (χ1) is 12.4. The third-order valence-electron chi connectivity index (χ3n) is 3.53. The topological polar surface area (TPSA) is 92.8 Å². The van der Waals surface area contributed by atoms with Crippen LogP contribution in [0.4, 0.5) is 4.39 Å². The van der Waals surface area contributed by atoms with Crippen LogP contribution in [-0.4, -0.2) is 35.3 Å². The lowest BCUT2D eigenvalue weighted by Gasteiger charge is -2.13. The van der Waals surface area contributed by atoms with E-state index in [0.717, 1.165) is 6.07 Å². The number of carbonyl (C=O) groups excluding carboxylic acids is 4. The van der Waals surface area contributed by atoms with Crippen molar-refractivity contribution in [2.75, 3.05) is 6.54 Å². The molecule has 0 saturated carbocycles. The Balaban J connectivity index is 1.63. The van der Waals surface area contributed by atoms with E-state index in [0.29, 0.717) is 5.06 Å². The molecule has 7 nitrogen and oxygen atoms in total. The highest BCUT2D eigenvalue weighted by molar-refractivity contribution is 6.33. The maximum atomic E-state index is 13.6. The Hall–Kier alpha value is -3.26. The quantitative estimate of drug-likeness (QED) is 0.823. The summed E-state index contributed by atoms with van der Waals surface area (Å²) in [5.74, 6) is -4.46. The van der Waals surface area contributed by atoms with Gasteiger partial charge in [-0.1, -0.05) is 34.9 Å². The first-order valence-corrected chi connectivity index (χ1v) is 7.68. The van der Waals surface area contributed by atoms with Gasteiger partial charge in [0.05, 0.1) is 21.7 Å². The second kappa shape index (κ2) is 6.93. The van der Waals surface area contributed by atoms with Crippen molar-refractivity contribution in [2.24, 2.45) is 0 Å². The highest BCUT2D eigenvalue weighted by Crippen LogP contribution is 2.22. The summed E-state index contributed by atoms with van der Waals surface area (Å²) in [4.78, 5) is 52.6. The predicted octanol–water partition coefficient (Wildman–Crippen LogP) is 1.96. The van der Waals surface area contributed by atoms with E-state index in [1.807, 2.05) is 0 Å². The fourth-order valence-corrected chi connectivity index (χ4v) is 2.59. The average molecular weight is 377 g/mol. The number of nitrogens with one attached hydrogen (secondary N) is 1. The largest absolute Gasteiger partial charge is 0.352 e. The van der Waals surface area contributed by atoms with Crippen LogP contribution in [0.25, 0.3) is 0 Å². The van der Waals surface area contributed by atoms with Crippen LogP contribution in [0.3, 0.4) is 0 Å². The van der Waals surface area contributed by atoms with Gasteiger partial charge in [0.15, 0.2) is 0 Å². The van der Waals surface area contributed by atoms with Gasteiger partial charge in [0.1, 0.15) is 12.4 Å². The first kappa shape index (κ1) is 17.6. The highest BCUT2D eigenvalue weighted by atomic mass is 35.5. The van der Waals surface area contributed by atoms with Gasteiger partial charge in [0.2, 0.25) is 0 Å². The molecule has 0 spiro atoms. The number of benzene rings is 2. The highest BCUT2D eigenvalue weighted by Gasteiger charge is 2.38. The van der Waals surface area contributed by atoms with Gasteiger partial charge in [-0.25, -0.2) is 9.18 Å². The van der Waals surface area contributed by atoms with E-state index in [-0.39, 0.29) is 16.1 Å². The van der Waals surface area contributed by atoms with E-state index in [1.54, 1.807) is 12.1 Å². The average Bonchev–Trinajstić information content (AvgIpc) is 2.85. The zero-order valence-electron chi connectivity index (χ0n) is 13.0. The fourth-order valence-electron chi connectivity index (χ4n) is 2.34. The molecule has 0 bridgehead atoms. The molecule has 26 heavy (non-hydrogen) atoms. The summed E-state index contributed by atoms with van der Waals surface area (Å²) < 4.78 is 13.6. The molecule has 2 aromatic carbocycles. The van der Waals surface area contributed by atoms with Crippen LogP contribution < -0.4 is 5.32 Å². The second-order valence-corrected chi connectivity index (χ2v) is 5.60.